The molecule has 11 rings (SSSR count). The Bertz CT molecular complexity index is 3190. The monoisotopic (exact) mass is 701 g/mol. The van der Waals surface area contributed by atoms with Crippen LogP contribution in [0, 0.1) is 0 Å². The summed E-state index contributed by atoms with van der Waals surface area (Å²) in [5, 5.41) is 7.44. The Morgan fingerprint density at radius 3 is 1.65 bits per heavy atom. The van der Waals surface area contributed by atoms with Crippen molar-refractivity contribution in [3.05, 3.63) is 212 Å². The van der Waals surface area contributed by atoms with Gasteiger partial charge in [0.1, 0.15) is 0 Å². The minimum absolute atomic E-state index is 1.09. The molecule has 0 saturated carbocycles. The molecule has 9 aromatic carbocycles. The molecule has 0 spiro atoms. The molecule has 0 aliphatic rings. The lowest BCUT2D eigenvalue weighted by Gasteiger charge is -2.29. The summed E-state index contributed by atoms with van der Waals surface area (Å²) < 4.78 is 4.81. The summed E-state index contributed by atoms with van der Waals surface area (Å²) in [6.45, 7) is 0. The highest BCUT2D eigenvalue weighted by Crippen LogP contribution is 2.47. The molecule has 0 saturated heterocycles. The van der Waals surface area contributed by atoms with Crippen LogP contribution in [0.2, 0.25) is 0 Å². The number of hydrogen-bond acceptors (Lipinski definition) is 1. The van der Waals surface area contributed by atoms with Crippen molar-refractivity contribution in [1.29, 1.82) is 0 Å². The van der Waals surface area contributed by atoms with Gasteiger partial charge in [-0.3, -0.25) is 0 Å². The first kappa shape index (κ1) is 31.2. The van der Waals surface area contributed by atoms with Crippen LogP contribution in [0.5, 0.6) is 0 Å². The Labute approximate surface area is 319 Å². The van der Waals surface area contributed by atoms with E-state index < -0.39 is 0 Å². The Balaban J connectivity index is 1.16. The topological polar surface area (TPSA) is 13.1 Å². The molecule has 0 unspecified atom stereocenters. The Morgan fingerprint density at radius 1 is 0.327 bits per heavy atom. The first-order chi connectivity index (χ1) is 27.3. The van der Waals surface area contributed by atoms with Gasteiger partial charge in [0.25, 0.3) is 0 Å². The number of hydrogen-bond donors (Lipinski definition) is 0. The molecule has 55 heavy (non-hydrogen) atoms. The normalized spacial score (nSPS) is 11.6. The summed E-state index contributed by atoms with van der Waals surface area (Å²) in [6.07, 6.45) is 0. The van der Waals surface area contributed by atoms with Crippen molar-refractivity contribution in [2.75, 3.05) is 4.90 Å². The van der Waals surface area contributed by atoms with Crippen molar-refractivity contribution in [3.63, 3.8) is 0 Å². The van der Waals surface area contributed by atoms with E-state index in [0.29, 0.717) is 0 Å². The number of fused-ring (bicyclic) bond motifs is 7. The van der Waals surface area contributed by atoms with E-state index in [1.54, 1.807) is 0 Å². The number of nitrogens with zero attached hydrogens (tertiary/aromatic N) is 3. The summed E-state index contributed by atoms with van der Waals surface area (Å²) in [4.78, 5) is 2.45. The SMILES string of the molecule is c1ccc(-c2ccccc2N(c2ccc(-n3c4ccccc4c4cc5ccccc5cc43)cc2)c2cccc3c2c2ccccc2n3-c2ccccc2)cc1. The summed E-state index contributed by atoms with van der Waals surface area (Å²) >= 11 is 0. The molecule has 0 aliphatic heterocycles. The molecule has 0 N–H and O–H groups in total. The summed E-state index contributed by atoms with van der Waals surface area (Å²) in [5.74, 6) is 0. The zero-order chi connectivity index (χ0) is 36.3. The van der Waals surface area contributed by atoms with Crippen LogP contribution in [-0.2, 0) is 0 Å². The summed E-state index contributed by atoms with van der Waals surface area (Å²) in [7, 11) is 0. The van der Waals surface area contributed by atoms with E-state index in [1.165, 1.54) is 65.5 Å². The maximum atomic E-state index is 2.45. The van der Waals surface area contributed by atoms with E-state index in [-0.39, 0.29) is 0 Å². The lowest BCUT2D eigenvalue weighted by molar-refractivity contribution is 1.17. The highest BCUT2D eigenvalue weighted by atomic mass is 15.2. The van der Waals surface area contributed by atoms with Crippen LogP contribution in [-0.4, -0.2) is 9.13 Å². The van der Waals surface area contributed by atoms with Gasteiger partial charge in [-0.05, 0) is 95.2 Å². The minimum Gasteiger partial charge on any atom is -0.309 e. The number of rotatable bonds is 6. The van der Waals surface area contributed by atoms with Gasteiger partial charge < -0.3 is 14.0 Å². The second kappa shape index (κ2) is 12.6. The Morgan fingerprint density at radius 2 is 0.873 bits per heavy atom. The molecule has 0 aliphatic carbocycles. The molecule has 11 aromatic rings. The van der Waals surface area contributed by atoms with Crippen LogP contribution in [0.25, 0.3) is 76.9 Å². The largest absolute Gasteiger partial charge is 0.309 e. The van der Waals surface area contributed by atoms with Crippen molar-refractivity contribution in [2.24, 2.45) is 0 Å². The number of benzene rings is 9. The minimum atomic E-state index is 1.09. The van der Waals surface area contributed by atoms with E-state index >= 15 is 0 Å². The number of para-hydroxylation sites is 4. The highest BCUT2D eigenvalue weighted by molar-refractivity contribution is 6.17. The third kappa shape index (κ3) is 4.98. The fraction of sp³-hybridized carbons (Fsp3) is 0. The van der Waals surface area contributed by atoms with E-state index in [2.05, 4.69) is 226 Å². The van der Waals surface area contributed by atoms with Crippen LogP contribution in [0.15, 0.2) is 212 Å². The van der Waals surface area contributed by atoms with Crippen molar-refractivity contribution in [1.82, 2.24) is 9.13 Å². The molecule has 0 atom stereocenters. The van der Waals surface area contributed by atoms with E-state index in [4.69, 9.17) is 0 Å². The second-order valence-corrected chi connectivity index (χ2v) is 14.2. The van der Waals surface area contributed by atoms with E-state index in [1.807, 2.05) is 0 Å². The standard InChI is InChI=1S/C52H35N3/c1-3-16-36(17-4-1)42-22-9-12-25-46(42)54(50-29-15-28-49-52(50)44-24-11-14-27-48(44)53(49)39-20-5-2-6-21-39)40-30-32-41(33-31-40)55-47-26-13-10-23-43(47)45-34-37-18-7-8-19-38(37)35-51(45)55/h1-35H. The van der Waals surface area contributed by atoms with Crippen molar-refractivity contribution >= 4 is 71.4 Å². The number of anilines is 3. The lowest BCUT2D eigenvalue weighted by atomic mass is 10.0. The van der Waals surface area contributed by atoms with Crippen LogP contribution in [0.3, 0.4) is 0 Å². The van der Waals surface area contributed by atoms with Crippen LogP contribution in [0.1, 0.15) is 0 Å². The summed E-state index contributed by atoms with van der Waals surface area (Å²) in [6, 6.07) is 76.9. The highest BCUT2D eigenvalue weighted by Gasteiger charge is 2.23. The maximum absolute atomic E-state index is 2.45. The van der Waals surface area contributed by atoms with Crippen molar-refractivity contribution < 1.29 is 0 Å². The smallest absolute Gasteiger partial charge is 0.0562 e. The van der Waals surface area contributed by atoms with Crippen molar-refractivity contribution in [2.45, 2.75) is 0 Å². The lowest BCUT2D eigenvalue weighted by Crippen LogP contribution is -2.12. The zero-order valence-corrected chi connectivity index (χ0v) is 30.0. The molecular weight excluding hydrogens is 667 g/mol. The van der Waals surface area contributed by atoms with Crippen LogP contribution >= 0.6 is 0 Å². The zero-order valence-electron chi connectivity index (χ0n) is 30.0. The van der Waals surface area contributed by atoms with Gasteiger partial charge in [0.15, 0.2) is 0 Å². The molecule has 3 heteroatoms. The third-order valence-corrected chi connectivity index (χ3v) is 11.1. The third-order valence-electron chi connectivity index (χ3n) is 11.1. The van der Waals surface area contributed by atoms with Gasteiger partial charge in [0, 0.05) is 44.2 Å². The molecule has 3 nitrogen and oxygen atoms in total. The van der Waals surface area contributed by atoms with Gasteiger partial charge >= 0.3 is 0 Å². The first-order valence-corrected chi connectivity index (χ1v) is 18.9. The fourth-order valence-electron chi connectivity index (χ4n) is 8.66. The van der Waals surface area contributed by atoms with Gasteiger partial charge in [-0.1, -0.05) is 133 Å². The molecule has 0 bridgehead atoms. The second-order valence-electron chi connectivity index (χ2n) is 14.2. The Kier molecular flexibility index (Phi) is 7.17. The Hall–Kier alpha value is -7.36. The molecule has 0 fully saturated rings. The van der Waals surface area contributed by atoms with Crippen molar-refractivity contribution in [3.8, 4) is 22.5 Å². The van der Waals surface area contributed by atoms with Gasteiger partial charge in [0.2, 0.25) is 0 Å². The summed E-state index contributed by atoms with van der Waals surface area (Å²) in [5.41, 5.74) is 12.7. The van der Waals surface area contributed by atoms with Gasteiger partial charge in [-0.25, -0.2) is 0 Å². The van der Waals surface area contributed by atoms with Gasteiger partial charge in [-0.2, -0.15) is 0 Å². The average Bonchev–Trinajstić information content (AvgIpc) is 3.77. The molecule has 2 heterocycles. The average molecular weight is 702 g/mol. The first-order valence-electron chi connectivity index (χ1n) is 18.9. The molecular formula is C52H35N3. The predicted octanol–water partition coefficient (Wildman–Crippen LogP) is 14.2. The molecule has 258 valence electrons. The predicted molar refractivity (Wildman–Crippen MR) is 233 cm³/mol. The quantitative estimate of drug-likeness (QED) is 0.168. The number of aromatic nitrogens is 2. The van der Waals surface area contributed by atoms with Gasteiger partial charge in [0.05, 0.1) is 33.4 Å². The van der Waals surface area contributed by atoms with E-state index in [0.717, 1.165) is 28.4 Å². The molecule has 2 aromatic heterocycles. The van der Waals surface area contributed by atoms with Crippen LogP contribution in [0.4, 0.5) is 17.1 Å². The fourth-order valence-corrected chi connectivity index (χ4v) is 8.66. The van der Waals surface area contributed by atoms with Crippen LogP contribution < -0.4 is 4.90 Å². The maximum Gasteiger partial charge on any atom is 0.0562 e. The molecule has 0 amide bonds. The van der Waals surface area contributed by atoms with E-state index in [9.17, 15) is 0 Å². The molecule has 0 radical (unpaired) electrons. The van der Waals surface area contributed by atoms with Gasteiger partial charge in [-0.15, -0.1) is 0 Å².